The molecule has 1 aromatic rings. The quantitative estimate of drug-likeness (QED) is 0.640. The third-order valence-electron chi connectivity index (χ3n) is 3.09. The van der Waals surface area contributed by atoms with Crippen molar-refractivity contribution in [2.24, 2.45) is 0 Å². The Hall–Kier alpha value is -0.920. The summed E-state index contributed by atoms with van der Waals surface area (Å²) in [4.78, 5) is 0. The molecule has 1 heterocycles. The Kier molecular flexibility index (Phi) is 3.64. The van der Waals surface area contributed by atoms with E-state index >= 15 is 0 Å². The third-order valence-corrected chi connectivity index (χ3v) is 3.09. The first-order valence-electron chi connectivity index (χ1n) is 6.77. The summed E-state index contributed by atoms with van der Waals surface area (Å²) in [6.45, 7) is 20.0. The molecule has 0 unspecified atom stereocenters. The molecule has 0 saturated heterocycles. The smallest absolute Gasteiger partial charge is 0.0863 e. The molecular formula is C16H29N2+. The molecule has 0 saturated carbocycles. The van der Waals surface area contributed by atoms with Gasteiger partial charge in [-0.3, -0.25) is 0 Å². The summed E-state index contributed by atoms with van der Waals surface area (Å²) in [5, 5.41) is 4.81. The van der Waals surface area contributed by atoms with E-state index < -0.39 is 0 Å². The van der Waals surface area contributed by atoms with Crippen LogP contribution in [0, 0.1) is 0 Å². The molecule has 0 amide bonds. The second-order valence-corrected chi connectivity index (χ2v) is 8.23. The Bertz CT molecular complexity index is 347. The Labute approximate surface area is 112 Å². The van der Waals surface area contributed by atoms with Crippen LogP contribution in [0.3, 0.4) is 0 Å². The molecule has 0 bridgehead atoms. The van der Waals surface area contributed by atoms with Crippen LogP contribution in [0.25, 0.3) is 0 Å². The van der Waals surface area contributed by atoms with E-state index in [0.29, 0.717) is 0 Å². The van der Waals surface area contributed by atoms with E-state index in [1.54, 1.807) is 0 Å². The summed E-state index contributed by atoms with van der Waals surface area (Å²) in [7, 11) is 0. The van der Waals surface area contributed by atoms with Crippen molar-refractivity contribution in [2.75, 3.05) is 0 Å². The topological polar surface area (TPSA) is 16.8 Å². The van der Waals surface area contributed by atoms with Crippen LogP contribution in [0.15, 0.2) is 12.3 Å². The summed E-state index contributed by atoms with van der Waals surface area (Å²) in [5.41, 5.74) is 2.74. The van der Waals surface area contributed by atoms with E-state index in [2.05, 4.69) is 79.3 Å². The SMILES string of the molecule is CC(C)(C)c1cc(C(C)(C)C)n[n+](C(C)(C)C)c1. The molecule has 0 fully saturated rings. The summed E-state index contributed by atoms with van der Waals surface area (Å²) >= 11 is 0. The van der Waals surface area contributed by atoms with Gasteiger partial charge in [0, 0.05) is 31.7 Å². The molecule has 0 aliphatic rings. The van der Waals surface area contributed by atoms with Crippen LogP contribution in [0.4, 0.5) is 0 Å². The summed E-state index contributed by atoms with van der Waals surface area (Å²) < 4.78 is 2.11. The van der Waals surface area contributed by atoms with Gasteiger partial charge >= 0.3 is 0 Å². The van der Waals surface area contributed by atoms with Crippen molar-refractivity contribution < 1.29 is 4.68 Å². The van der Waals surface area contributed by atoms with Gasteiger partial charge in [-0.25, -0.2) is 0 Å². The summed E-state index contributed by atoms with van der Waals surface area (Å²) in [6, 6.07) is 2.25. The zero-order valence-electron chi connectivity index (χ0n) is 13.5. The maximum absolute atomic E-state index is 4.81. The molecule has 0 aliphatic carbocycles. The first-order valence-corrected chi connectivity index (χ1v) is 6.77. The standard InChI is InChI=1S/C16H29N2/c1-14(2,3)12-10-13(15(4,5)6)17-18(11-12)16(7,8)9/h10-11H,1-9H3/q+1. The molecule has 18 heavy (non-hydrogen) atoms. The Balaban J connectivity index is 3.49. The molecule has 102 valence electrons. The lowest BCUT2D eigenvalue weighted by molar-refractivity contribution is -0.807. The zero-order chi connectivity index (χ0) is 14.4. The van der Waals surface area contributed by atoms with Gasteiger partial charge in [0.1, 0.15) is 5.69 Å². The van der Waals surface area contributed by atoms with Crippen LogP contribution in [0.5, 0.6) is 0 Å². The van der Waals surface area contributed by atoms with Crippen LogP contribution < -0.4 is 4.68 Å². The third kappa shape index (κ3) is 3.54. The van der Waals surface area contributed by atoms with Crippen molar-refractivity contribution in [1.82, 2.24) is 5.10 Å². The molecular weight excluding hydrogens is 220 g/mol. The monoisotopic (exact) mass is 249 g/mol. The van der Waals surface area contributed by atoms with E-state index in [4.69, 9.17) is 5.10 Å². The van der Waals surface area contributed by atoms with Gasteiger partial charge in [-0.2, -0.15) is 0 Å². The zero-order valence-corrected chi connectivity index (χ0v) is 13.5. The first kappa shape index (κ1) is 15.1. The second kappa shape index (κ2) is 4.32. The van der Waals surface area contributed by atoms with Crippen LogP contribution in [-0.2, 0) is 16.4 Å². The highest BCUT2D eigenvalue weighted by atomic mass is 15.3. The van der Waals surface area contributed by atoms with Gasteiger partial charge in [-0.1, -0.05) is 46.2 Å². The molecule has 0 radical (unpaired) electrons. The van der Waals surface area contributed by atoms with Gasteiger partial charge < -0.3 is 0 Å². The minimum Gasteiger partial charge on any atom is -0.0863 e. The normalized spacial score (nSPS) is 13.8. The van der Waals surface area contributed by atoms with Gasteiger partial charge in [0.05, 0.1) is 0 Å². The van der Waals surface area contributed by atoms with Crippen molar-refractivity contribution >= 4 is 0 Å². The highest BCUT2D eigenvalue weighted by Gasteiger charge is 2.31. The predicted molar refractivity (Wildman–Crippen MR) is 76.8 cm³/mol. The van der Waals surface area contributed by atoms with Crippen LogP contribution >= 0.6 is 0 Å². The van der Waals surface area contributed by atoms with E-state index in [1.807, 2.05) is 0 Å². The first-order chi connectivity index (χ1) is 7.82. The van der Waals surface area contributed by atoms with Crippen molar-refractivity contribution in [3.05, 3.63) is 23.5 Å². The molecule has 0 aliphatic heterocycles. The molecule has 1 rings (SSSR count). The van der Waals surface area contributed by atoms with Gasteiger partial charge in [0.15, 0.2) is 5.54 Å². The fraction of sp³-hybridized carbons (Fsp3) is 0.750. The molecule has 0 atom stereocenters. The fourth-order valence-electron chi connectivity index (χ4n) is 1.61. The largest absolute Gasteiger partial charge is 0.200 e. The van der Waals surface area contributed by atoms with E-state index in [9.17, 15) is 0 Å². The molecule has 0 N–H and O–H groups in total. The predicted octanol–water partition coefficient (Wildman–Crippen LogP) is 3.72. The van der Waals surface area contributed by atoms with Crippen molar-refractivity contribution in [2.45, 2.75) is 78.7 Å². The number of aromatic nitrogens is 2. The van der Waals surface area contributed by atoms with E-state index in [1.165, 1.54) is 5.56 Å². The fourth-order valence-corrected chi connectivity index (χ4v) is 1.61. The Morgan fingerprint density at radius 1 is 0.833 bits per heavy atom. The summed E-state index contributed by atoms with van der Waals surface area (Å²) in [5.74, 6) is 0. The van der Waals surface area contributed by atoms with E-state index in [-0.39, 0.29) is 16.4 Å². The highest BCUT2D eigenvalue weighted by molar-refractivity contribution is 5.22. The number of rotatable bonds is 0. The average molecular weight is 249 g/mol. The second-order valence-electron chi connectivity index (χ2n) is 8.23. The number of nitrogens with zero attached hydrogens (tertiary/aromatic N) is 2. The van der Waals surface area contributed by atoms with Gasteiger partial charge in [0.25, 0.3) is 0 Å². The maximum atomic E-state index is 4.81. The molecule has 2 heteroatoms. The lowest BCUT2D eigenvalue weighted by Gasteiger charge is -2.23. The molecule has 2 nitrogen and oxygen atoms in total. The molecule has 0 aromatic carbocycles. The maximum Gasteiger partial charge on any atom is 0.200 e. The van der Waals surface area contributed by atoms with E-state index in [0.717, 1.165) is 5.69 Å². The molecule has 1 aromatic heterocycles. The minimum absolute atomic E-state index is 0.0151. The van der Waals surface area contributed by atoms with Crippen molar-refractivity contribution in [3.8, 4) is 0 Å². The van der Waals surface area contributed by atoms with Crippen LogP contribution in [0.1, 0.15) is 73.6 Å². The average Bonchev–Trinajstić information content (AvgIpc) is 2.13. The number of hydrogen-bond donors (Lipinski definition) is 0. The lowest BCUT2D eigenvalue weighted by atomic mass is 9.84. The van der Waals surface area contributed by atoms with Crippen molar-refractivity contribution in [3.63, 3.8) is 0 Å². The lowest BCUT2D eigenvalue weighted by Crippen LogP contribution is -2.54. The number of hydrogen-bond acceptors (Lipinski definition) is 1. The van der Waals surface area contributed by atoms with Crippen LogP contribution in [0.2, 0.25) is 0 Å². The van der Waals surface area contributed by atoms with Crippen molar-refractivity contribution in [1.29, 1.82) is 0 Å². The molecule has 0 spiro atoms. The van der Waals surface area contributed by atoms with Crippen LogP contribution in [-0.4, -0.2) is 5.10 Å². The Morgan fingerprint density at radius 3 is 1.67 bits per heavy atom. The Morgan fingerprint density at radius 2 is 1.33 bits per heavy atom. The summed E-state index contributed by atoms with van der Waals surface area (Å²) in [6.07, 6.45) is 2.19. The van der Waals surface area contributed by atoms with Gasteiger partial charge in [0.2, 0.25) is 6.20 Å². The van der Waals surface area contributed by atoms with Gasteiger partial charge in [-0.05, 0) is 16.6 Å². The minimum atomic E-state index is 0.0151. The van der Waals surface area contributed by atoms with Gasteiger partial charge in [-0.15, -0.1) is 0 Å². The highest BCUT2D eigenvalue weighted by Crippen LogP contribution is 2.26.